The number of hydrogen-bond donors (Lipinski definition) is 1. The second-order valence-electron chi connectivity index (χ2n) is 9.09. The molecule has 2 aromatic carbocycles. The number of ether oxygens (including phenoxy) is 2. The number of aryl methyl sites for hydroxylation is 3. The number of hydrogen-bond acceptors (Lipinski definition) is 6. The molecule has 0 aliphatic carbocycles. The van der Waals surface area contributed by atoms with Crippen LogP contribution in [0.2, 0.25) is 0 Å². The Hall–Kier alpha value is -4.04. The van der Waals surface area contributed by atoms with E-state index < -0.39 is 5.41 Å². The lowest BCUT2D eigenvalue weighted by Crippen LogP contribution is -2.44. The molecule has 1 amide bonds. The maximum absolute atomic E-state index is 13.5. The van der Waals surface area contributed by atoms with Crippen molar-refractivity contribution in [3.05, 3.63) is 89.5 Å². The van der Waals surface area contributed by atoms with E-state index in [1.165, 1.54) is 0 Å². The van der Waals surface area contributed by atoms with Gasteiger partial charge in [-0.3, -0.25) is 4.79 Å². The lowest BCUT2D eigenvalue weighted by Gasteiger charge is -2.36. The van der Waals surface area contributed by atoms with Gasteiger partial charge in [-0.1, -0.05) is 30.3 Å². The molecule has 0 atom stereocenters. The largest absolute Gasteiger partial charge is 0.439 e. The predicted octanol–water partition coefficient (Wildman–Crippen LogP) is 5.07. The smallest absolute Gasteiger partial charge is 0.235 e. The van der Waals surface area contributed by atoms with E-state index in [2.05, 4.69) is 20.4 Å². The van der Waals surface area contributed by atoms with Crippen molar-refractivity contribution in [2.24, 2.45) is 0 Å². The molecule has 5 rings (SSSR count). The highest BCUT2D eigenvalue weighted by Gasteiger charge is 2.41. The quantitative estimate of drug-likeness (QED) is 0.412. The molecule has 1 N–H and O–H groups in total. The minimum atomic E-state index is -0.605. The standard InChI is InChI=1S/C28H29N5O3/c1-19-17-20(2)33(32-19)25-18-26(30-21(3)29-25)36-24-11-9-23(10-12-24)31-27(34)28(13-15-35-16-14-28)22-7-5-4-6-8-22/h4-12,17-18H,13-16H2,1-3H3,(H,31,34). The summed E-state index contributed by atoms with van der Waals surface area (Å²) in [6.07, 6.45) is 1.30. The molecule has 8 nitrogen and oxygen atoms in total. The first-order chi connectivity index (χ1) is 17.4. The molecular formula is C28H29N5O3. The summed E-state index contributed by atoms with van der Waals surface area (Å²) in [5, 5.41) is 7.60. The normalized spacial score (nSPS) is 14.9. The number of benzene rings is 2. The Morgan fingerprint density at radius 3 is 2.36 bits per heavy atom. The van der Waals surface area contributed by atoms with Crippen LogP contribution < -0.4 is 10.1 Å². The van der Waals surface area contributed by atoms with E-state index >= 15 is 0 Å². The van der Waals surface area contributed by atoms with Crippen molar-refractivity contribution in [1.29, 1.82) is 0 Å². The van der Waals surface area contributed by atoms with Gasteiger partial charge in [0.2, 0.25) is 11.8 Å². The number of anilines is 1. The van der Waals surface area contributed by atoms with Gasteiger partial charge in [0.1, 0.15) is 11.6 Å². The predicted molar refractivity (Wildman–Crippen MR) is 137 cm³/mol. The van der Waals surface area contributed by atoms with Gasteiger partial charge < -0.3 is 14.8 Å². The third-order valence-corrected chi connectivity index (χ3v) is 6.47. The molecular weight excluding hydrogens is 454 g/mol. The summed E-state index contributed by atoms with van der Waals surface area (Å²) in [6.45, 7) is 6.87. The number of nitrogens with zero attached hydrogens (tertiary/aromatic N) is 4. The lowest BCUT2D eigenvalue weighted by molar-refractivity contribution is -0.125. The highest BCUT2D eigenvalue weighted by atomic mass is 16.5. The van der Waals surface area contributed by atoms with Gasteiger partial charge in [-0.05, 0) is 69.5 Å². The van der Waals surface area contributed by atoms with E-state index in [0.717, 1.165) is 17.0 Å². The molecule has 1 aliphatic rings. The van der Waals surface area contributed by atoms with Gasteiger partial charge in [0, 0.05) is 30.7 Å². The molecule has 0 radical (unpaired) electrons. The van der Waals surface area contributed by atoms with Crippen LogP contribution in [0.4, 0.5) is 5.69 Å². The van der Waals surface area contributed by atoms with Gasteiger partial charge >= 0.3 is 0 Å². The average Bonchev–Trinajstić information content (AvgIpc) is 3.23. The van der Waals surface area contributed by atoms with Crippen molar-refractivity contribution in [3.63, 3.8) is 0 Å². The number of nitrogens with one attached hydrogen (secondary N) is 1. The molecule has 1 fully saturated rings. The SMILES string of the molecule is Cc1cc(C)n(-c2cc(Oc3ccc(NC(=O)C4(c5ccccc5)CCOCC4)cc3)nc(C)n2)n1. The Bertz CT molecular complexity index is 1360. The number of carbonyl (C=O) groups is 1. The fourth-order valence-corrected chi connectivity index (χ4v) is 4.65. The highest BCUT2D eigenvalue weighted by Crippen LogP contribution is 2.36. The summed E-state index contributed by atoms with van der Waals surface area (Å²) < 4.78 is 13.3. The van der Waals surface area contributed by atoms with Crippen molar-refractivity contribution in [2.75, 3.05) is 18.5 Å². The fraction of sp³-hybridized carbons (Fsp3) is 0.286. The molecule has 8 heteroatoms. The first-order valence-corrected chi connectivity index (χ1v) is 12.0. The van der Waals surface area contributed by atoms with Crippen molar-refractivity contribution in [3.8, 4) is 17.4 Å². The Morgan fingerprint density at radius 2 is 1.69 bits per heavy atom. The minimum Gasteiger partial charge on any atom is -0.439 e. The van der Waals surface area contributed by atoms with Gasteiger partial charge in [0.05, 0.1) is 11.1 Å². The summed E-state index contributed by atoms with van der Waals surface area (Å²) in [6, 6.07) is 21.0. The van der Waals surface area contributed by atoms with Gasteiger partial charge in [0.15, 0.2) is 5.82 Å². The van der Waals surface area contributed by atoms with Crippen LogP contribution in [-0.4, -0.2) is 38.9 Å². The molecule has 3 heterocycles. The summed E-state index contributed by atoms with van der Waals surface area (Å²) >= 11 is 0. The van der Waals surface area contributed by atoms with Gasteiger partial charge in [-0.2, -0.15) is 10.1 Å². The zero-order valence-electron chi connectivity index (χ0n) is 20.7. The van der Waals surface area contributed by atoms with Crippen molar-refractivity contribution in [1.82, 2.24) is 19.7 Å². The molecule has 0 bridgehead atoms. The zero-order valence-corrected chi connectivity index (χ0v) is 20.7. The van der Waals surface area contributed by atoms with Crippen LogP contribution in [0.1, 0.15) is 35.6 Å². The summed E-state index contributed by atoms with van der Waals surface area (Å²) in [5.74, 6) is 2.24. The minimum absolute atomic E-state index is 0.0216. The number of amides is 1. The molecule has 0 saturated carbocycles. The lowest BCUT2D eigenvalue weighted by atomic mass is 9.73. The van der Waals surface area contributed by atoms with E-state index in [0.29, 0.717) is 55.0 Å². The third kappa shape index (κ3) is 4.85. The number of rotatable bonds is 6. The number of aromatic nitrogens is 4. The summed E-state index contributed by atoms with van der Waals surface area (Å²) in [5.41, 5.74) is 3.01. The number of carbonyl (C=O) groups excluding carboxylic acids is 1. The van der Waals surface area contributed by atoms with E-state index in [1.54, 1.807) is 10.7 Å². The van der Waals surface area contributed by atoms with Crippen LogP contribution in [0.3, 0.4) is 0 Å². The highest BCUT2D eigenvalue weighted by molar-refractivity contribution is 5.99. The topological polar surface area (TPSA) is 91.2 Å². The van der Waals surface area contributed by atoms with Crippen molar-refractivity contribution in [2.45, 2.75) is 39.0 Å². The summed E-state index contributed by atoms with van der Waals surface area (Å²) in [4.78, 5) is 22.4. The molecule has 2 aromatic heterocycles. The second kappa shape index (κ2) is 9.91. The molecule has 0 spiro atoms. The maximum atomic E-state index is 13.5. The molecule has 36 heavy (non-hydrogen) atoms. The molecule has 4 aromatic rings. The monoisotopic (exact) mass is 483 g/mol. The zero-order chi connectivity index (χ0) is 25.1. The molecule has 1 aliphatic heterocycles. The molecule has 1 saturated heterocycles. The van der Waals surface area contributed by atoms with E-state index in [4.69, 9.17) is 9.47 Å². The van der Waals surface area contributed by atoms with Gasteiger partial charge in [-0.15, -0.1) is 0 Å². The van der Waals surface area contributed by atoms with Crippen molar-refractivity contribution < 1.29 is 14.3 Å². The van der Waals surface area contributed by atoms with Crippen LogP contribution in [-0.2, 0) is 14.9 Å². The Morgan fingerprint density at radius 1 is 0.972 bits per heavy atom. The Labute approximate surface area is 210 Å². The van der Waals surface area contributed by atoms with Crippen LogP contribution in [0.15, 0.2) is 66.7 Å². The summed E-state index contributed by atoms with van der Waals surface area (Å²) in [7, 11) is 0. The first kappa shape index (κ1) is 23.7. The Balaban J connectivity index is 1.32. The van der Waals surface area contributed by atoms with E-state index in [1.807, 2.05) is 81.4 Å². The Kier molecular flexibility index (Phi) is 6.52. The van der Waals surface area contributed by atoms with Crippen LogP contribution in [0, 0.1) is 20.8 Å². The van der Waals surface area contributed by atoms with E-state index in [-0.39, 0.29) is 5.91 Å². The van der Waals surface area contributed by atoms with Crippen molar-refractivity contribution >= 4 is 11.6 Å². The molecule has 0 unspecified atom stereocenters. The maximum Gasteiger partial charge on any atom is 0.235 e. The van der Waals surface area contributed by atoms with Crippen LogP contribution >= 0.6 is 0 Å². The van der Waals surface area contributed by atoms with Gasteiger partial charge in [-0.25, -0.2) is 9.67 Å². The molecule has 184 valence electrons. The third-order valence-electron chi connectivity index (χ3n) is 6.47. The average molecular weight is 484 g/mol. The second-order valence-corrected chi connectivity index (χ2v) is 9.09. The van der Waals surface area contributed by atoms with Crippen LogP contribution in [0.25, 0.3) is 5.82 Å². The van der Waals surface area contributed by atoms with Gasteiger partial charge in [0.25, 0.3) is 0 Å². The fourth-order valence-electron chi connectivity index (χ4n) is 4.65. The van der Waals surface area contributed by atoms with Crippen LogP contribution in [0.5, 0.6) is 11.6 Å². The first-order valence-electron chi connectivity index (χ1n) is 12.0. The van der Waals surface area contributed by atoms with E-state index in [9.17, 15) is 4.79 Å².